The monoisotopic (exact) mass is 1430 g/mol. The van der Waals surface area contributed by atoms with Crippen LogP contribution in [0.4, 0.5) is 13.2 Å². The van der Waals surface area contributed by atoms with E-state index in [1.54, 1.807) is 67.6 Å². The molecule has 0 saturated carbocycles. The summed E-state index contributed by atoms with van der Waals surface area (Å²) in [6.45, 7) is 12.2. The number of H-pyrrole nitrogens is 1. The second kappa shape index (κ2) is 36.6. The Balaban J connectivity index is 0.000000300. The number of benzene rings is 4. The largest absolute Gasteiger partial charge is 0.493 e. The van der Waals surface area contributed by atoms with E-state index in [-0.39, 0.29) is 47.6 Å². The van der Waals surface area contributed by atoms with Gasteiger partial charge in [0.05, 0.1) is 60.6 Å². The lowest BCUT2D eigenvalue weighted by Gasteiger charge is -2.33. The van der Waals surface area contributed by atoms with Crippen LogP contribution in [0, 0.1) is 24.2 Å². The minimum absolute atomic E-state index is 0. The Morgan fingerprint density at radius 3 is 1.85 bits per heavy atom. The first kappa shape index (κ1) is 76.6. The van der Waals surface area contributed by atoms with E-state index in [9.17, 15) is 41.8 Å². The highest BCUT2D eigenvalue weighted by Crippen LogP contribution is 2.48. The van der Waals surface area contributed by atoms with Gasteiger partial charge in [-0.2, -0.15) is 29.0 Å². The predicted octanol–water partition coefficient (Wildman–Crippen LogP) is 15.1. The molecule has 5 aromatic rings. The van der Waals surface area contributed by atoms with Crippen LogP contribution in [0.15, 0.2) is 112 Å². The highest BCUT2D eigenvalue weighted by atomic mass is 35.5. The number of rotatable bonds is 22. The number of carbonyl (C=O) groups excluding carboxylic acids is 2. The van der Waals surface area contributed by atoms with Crippen molar-refractivity contribution in [2.45, 2.75) is 103 Å². The van der Waals surface area contributed by atoms with Crippen LogP contribution in [-0.2, 0) is 11.0 Å². The molecular formula is C66H84Cl6F3N7O10S. The molecule has 512 valence electrons. The van der Waals surface area contributed by atoms with Crippen LogP contribution in [0.3, 0.4) is 0 Å². The Morgan fingerprint density at radius 1 is 0.742 bits per heavy atom. The predicted molar refractivity (Wildman–Crippen MR) is 369 cm³/mol. The average molecular weight is 1440 g/mol. The number of amides is 2. The van der Waals surface area contributed by atoms with E-state index in [2.05, 4.69) is 38.4 Å². The number of allylic oxidation sites excluding steroid dienone is 3. The quantitative estimate of drug-likeness (QED) is 0.0355. The van der Waals surface area contributed by atoms with Crippen LogP contribution in [-0.4, -0.2) is 155 Å². The minimum atomic E-state index is -4.86. The Kier molecular flexibility index (Phi) is 30.2. The maximum absolute atomic E-state index is 13.1. The van der Waals surface area contributed by atoms with Gasteiger partial charge in [0.2, 0.25) is 11.5 Å². The average Bonchev–Trinajstić information content (AvgIpc) is 1.54. The van der Waals surface area contributed by atoms with Gasteiger partial charge in [-0.3, -0.25) is 23.5 Å². The highest BCUT2D eigenvalue weighted by Gasteiger charge is 2.36. The second-order valence-electron chi connectivity index (χ2n) is 23.0. The number of nitrogens with one attached hydrogen (secondary N) is 3. The van der Waals surface area contributed by atoms with E-state index in [0.717, 1.165) is 94.2 Å². The lowest BCUT2D eigenvalue weighted by molar-refractivity contribution is -0.138. The second-order valence-corrected chi connectivity index (χ2v) is 27.6. The van der Waals surface area contributed by atoms with Gasteiger partial charge in [0, 0.05) is 127 Å². The zero-order valence-corrected chi connectivity index (χ0v) is 56.4. The van der Waals surface area contributed by atoms with Crippen LogP contribution in [0.25, 0.3) is 0 Å². The Labute approximate surface area is 576 Å². The number of aliphatic hydroxyl groups excluding tert-OH is 1. The molecule has 9 rings (SSSR count). The molecule has 0 radical (unpaired) electrons. The van der Waals surface area contributed by atoms with Crippen LogP contribution in [0.2, 0.25) is 30.1 Å². The molecule has 0 spiro atoms. The summed E-state index contributed by atoms with van der Waals surface area (Å²) < 4.78 is 82.6. The number of hydrogen-bond acceptors (Lipinski definition) is 14. The Bertz CT molecular complexity index is 3470. The molecule has 0 bridgehead atoms. The van der Waals surface area contributed by atoms with Crippen LogP contribution >= 0.6 is 80.2 Å². The van der Waals surface area contributed by atoms with Gasteiger partial charge in [-0.05, 0) is 125 Å². The molecule has 3 fully saturated rings. The smallest absolute Gasteiger partial charge is 0.417 e. The maximum atomic E-state index is 13.1. The van der Waals surface area contributed by atoms with Gasteiger partial charge in [-0.1, -0.05) is 96.1 Å². The number of hydrogen-bond donors (Lipinski definition) is 6. The molecule has 3 saturated heterocycles. The van der Waals surface area contributed by atoms with Crippen molar-refractivity contribution in [3.8, 4) is 29.1 Å². The van der Waals surface area contributed by atoms with Crippen LogP contribution in [0.5, 0.6) is 23.0 Å². The number of β-amino-alcohol motifs (C(OH)–C–C–N with tert-alkyl or cyclic N) is 1. The fraction of sp³-hybridized carbons (Fsp3) is 0.455. The Morgan fingerprint density at radius 2 is 1.30 bits per heavy atom. The summed E-state index contributed by atoms with van der Waals surface area (Å²) in [6, 6.07) is 23.9. The van der Waals surface area contributed by atoms with Crippen molar-refractivity contribution >= 4 is 92.0 Å². The lowest BCUT2D eigenvalue weighted by Crippen LogP contribution is -2.45. The van der Waals surface area contributed by atoms with E-state index in [0.29, 0.717) is 116 Å². The van der Waals surface area contributed by atoms with Gasteiger partial charge in [-0.25, -0.2) is 0 Å². The third-order valence-electron chi connectivity index (χ3n) is 15.6. The van der Waals surface area contributed by atoms with E-state index in [1.807, 2.05) is 29.2 Å². The number of aliphatic hydroxyl groups is 1. The zero-order chi connectivity index (χ0) is 66.7. The summed E-state index contributed by atoms with van der Waals surface area (Å²) >= 11 is 36.3. The normalized spacial score (nSPS) is 16.9. The van der Waals surface area contributed by atoms with Crippen molar-refractivity contribution in [2.75, 3.05) is 84.9 Å². The molecule has 4 aliphatic rings. The fourth-order valence-electron chi connectivity index (χ4n) is 10.6. The summed E-state index contributed by atoms with van der Waals surface area (Å²) in [5.74, 6) is 2.05. The molecule has 0 unspecified atom stereocenters. The number of nitrogens with zero attached hydrogens (tertiary/aromatic N) is 4. The number of ether oxygens (including phenoxy) is 4. The van der Waals surface area contributed by atoms with Crippen molar-refractivity contribution in [1.29, 1.82) is 5.26 Å². The van der Waals surface area contributed by atoms with Gasteiger partial charge >= 0.3 is 6.18 Å². The van der Waals surface area contributed by atoms with E-state index < -0.39 is 45.5 Å². The van der Waals surface area contributed by atoms with Gasteiger partial charge in [0.1, 0.15) is 41.3 Å². The van der Waals surface area contributed by atoms with Gasteiger partial charge in [-0.15, -0.1) is 0 Å². The summed E-state index contributed by atoms with van der Waals surface area (Å²) in [5, 5.41) is 27.5. The summed E-state index contributed by atoms with van der Waals surface area (Å²) in [6.07, 6.45) is 6.23. The number of aromatic nitrogens is 1. The molecule has 1 aromatic heterocycles. The zero-order valence-electron chi connectivity index (χ0n) is 51.1. The van der Waals surface area contributed by atoms with Gasteiger partial charge < -0.3 is 54.4 Å². The number of piperidine rings is 3. The molecule has 4 heterocycles. The van der Waals surface area contributed by atoms with Crippen molar-refractivity contribution in [2.24, 2.45) is 5.92 Å². The topological polar surface area (TPSA) is 222 Å². The molecule has 27 heteroatoms. The third kappa shape index (κ3) is 24.6. The van der Waals surface area contributed by atoms with Gasteiger partial charge in [0.15, 0.2) is 0 Å². The molecule has 17 nitrogen and oxygen atoms in total. The molecule has 6 N–H and O–H groups in total. The van der Waals surface area contributed by atoms with Crippen LogP contribution in [0.1, 0.15) is 95.6 Å². The molecular weight excluding hydrogens is 1350 g/mol. The molecule has 4 aromatic carbocycles. The summed E-state index contributed by atoms with van der Waals surface area (Å²) in [5.41, 5.74) is -1.08. The highest BCUT2D eigenvalue weighted by molar-refractivity contribution is 8.27. The third-order valence-corrected chi connectivity index (χ3v) is 19.3. The van der Waals surface area contributed by atoms with E-state index in [4.69, 9.17) is 93.8 Å². The van der Waals surface area contributed by atoms with Crippen molar-refractivity contribution in [3.05, 3.63) is 170 Å². The van der Waals surface area contributed by atoms with Gasteiger partial charge in [0.25, 0.3) is 5.91 Å². The number of carbonyl (C=O) groups is 2. The fourth-order valence-corrected chi connectivity index (χ4v) is 12.3. The number of nitriles is 1. The number of alkyl halides is 3. The summed E-state index contributed by atoms with van der Waals surface area (Å²) in [7, 11) is -2.74. The van der Waals surface area contributed by atoms with Crippen molar-refractivity contribution in [3.63, 3.8) is 0 Å². The SMILES string of the molecule is C.CS(O)(O)C1=CC=C(C(=O)NCCCN2CCC(Oc3ccc(Cl)c(Cl)c3)CC2)C1.C[C@H](COc1cccc(C#N)c1)CN1CCC(Oc2ccc(Cl)c(Cl)c2)CC1.Cc1c(Cl)ccc(OC2CCN(C[C@H](O)CNC(=O)c3c[nH]c(=O)cc3C(F)(F)F)CC2)c1Cl.[HH].[HH]. The number of halogens is 9. The first-order valence-electron chi connectivity index (χ1n) is 30.0. The van der Waals surface area contributed by atoms with Crippen molar-refractivity contribution in [1.82, 2.24) is 30.3 Å². The molecule has 2 atom stereocenters. The van der Waals surface area contributed by atoms with E-state index >= 15 is 0 Å². The maximum Gasteiger partial charge on any atom is 0.417 e. The van der Waals surface area contributed by atoms with E-state index in [1.165, 1.54) is 6.26 Å². The number of pyridine rings is 1. The molecule has 2 amide bonds. The number of likely N-dealkylation sites (tertiary alicyclic amines) is 3. The number of aromatic amines is 1. The minimum Gasteiger partial charge on any atom is -0.493 e. The first-order chi connectivity index (χ1) is 43.7. The molecule has 1 aliphatic carbocycles. The summed E-state index contributed by atoms with van der Waals surface area (Å²) in [4.78, 5) is 45.0. The molecule has 93 heavy (non-hydrogen) atoms. The molecule has 3 aliphatic heterocycles. The first-order valence-corrected chi connectivity index (χ1v) is 34.3. The Hall–Kier alpha value is -5.42. The lowest BCUT2D eigenvalue weighted by atomic mass is 10.1. The van der Waals surface area contributed by atoms with Crippen LogP contribution < -0.4 is 35.1 Å². The van der Waals surface area contributed by atoms with Crippen molar-refractivity contribution < 1.29 is 58.8 Å². The standard InChI is InChI=1S/C22H24Cl2F3N3O4.C22H24Cl2N2O2.C21H28Cl2N2O4S.CH4.2H2/c1-12-17(23)2-3-18(20(12)24)34-14-4-6-30(7-5-14)11-13(31)9-29-21(33)15-10-28-19(32)8-16(15)22(25,26)27;1-16(15-27-19-4-2-3-17(11-19)13-25)14-26-9-7-18(8-10-26)28-20-5-6-21(23)22(24)12-20;1-30(27,28)18-5-3-15(13-18)21(26)24-9-2-10-25-11-7-16(8-12-25)29-17-4-6-19(22)20(23)14-17;;;/h2-3,8,10,13-14,31H,4-7,9,11H2,1H3,(H,28,32)(H,29,33);2-6,11-12,16,18H,7-10,14-15H2,1H3;3-6,14,16,27-28H,2,7-13H2,1H3,(H,24,26);1H4;2*1H/t13-;16-;;;;/m10..../s1.